The van der Waals surface area contributed by atoms with Gasteiger partial charge in [0.2, 0.25) is 0 Å². The Labute approximate surface area is 170 Å². The van der Waals surface area contributed by atoms with Crippen molar-refractivity contribution in [2.24, 2.45) is 0 Å². The smallest absolute Gasteiger partial charge is 0.411 e. The van der Waals surface area contributed by atoms with E-state index in [1.807, 2.05) is 6.26 Å². The van der Waals surface area contributed by atoms with Crippen LogP contribution < -0.4 is 10.9 Å². The first-order valence-corrected chi connectivity index (χ1v) is 9.91. The Kier molecular flexibility index (Phi) is 6.50. The number of nitrogens with zero attached hydrogens (tertiary/aromatic N) is 1. The first-order valence-electron chi connectivity index (χ1n) is 8.68. The van der Waals surface area contributed by atoms with Gasteiger partial charge in [0.05, 0.1) is 12.2 Å². The van der Waals surface area contributed by atoms with Gasteiger partial charge in [-0.15, -0.1) is 11.8 Å². The number of pyridine rings is 1. The third-order valence-electron chi connectivity index (χ3n) is 3.90. The van der Waals surface area contributed by atoms with Gasteiger partial charge in [0, 0.05) is 35.0 Å². The molecule has 29 heavy (non-hydrogen) atoms. The molecule has 0 atom stereocenters. The zero-order chi connectivity index (χ0) is 20.8. The van der Waals surface area contributed by atoms with Gasteiger partial charge >= 0.3 is 17.7 Å². The van der Waals surface area contributed by atoms with E-state index in [-0.39, 0.29) is 18.8 Å². The highest BCUT2D eigenvalue weighted by Gasteiger charge is 2.15. The lowest BCUT2D eigenvalue weighted by Gasteiger charge is -2.10. The molecule has 0 aliphatic heterocycles. The van der Waals surface area contributed by atoms with Gasteiger partial charge in [-0.2, -0.15) is 0 Å². The molecule has 0 spiro atoms. The molecule has 1 aromatic carbocycles. The third-order valence-corrected chi connectivity index (χ3v) is 4.61. The Morgan fingerprint density at radius 1 is 1.21 bits per heavy atom. The summed E-state index contributed by atoms with van der Waals surface area (Å²) in [4.78, 5) is 40.0. The average Bonchev–Trinajstić information content (AvgIpc) is 2.71. The number of rotatable bonds is 6. The summed E-state index contributed by atoms with van der Waals surface area (Å²) in [6.07, 6.45) is 2.80. The Morgan fingerprint density at radius 3 is 2.79 bits per heavy atom. The largest absolute Gasteiger partial charge is 0.457 e. The molecule has 0 radical (unpaired) electrons. The van der Waals surface area contributed by atoms with Crippen LogP contribution in [0.3, 0.4) is 0 Å². The number of nitrogens with one attached hydrogen (secondary N) is 1. The molecule has 0 saturated carbocycles. The number of aromatic nitrogens is 1. The predicted molar refractivity (Wildman–Crippen MR) is 108 cm³/mol. The van der Waals surface area contributed by atoms with E-state index in [1.54, 1.807) is 37.4 Å². The van der Waals surface area contributed by atoms with Crippen molar-refractivity contribution in [3.05, 3.63) is 64.1 Å². The minimum Gasteiger partial charge on any atom is -0.457 e. The van der Waals surface area contributed by atoms with E-state index in [9.17, 15) is 14.4 Å². The summed E-state index contributed by atoms with van der Waals surface area (Å²) in [5.74, 6) is -0.538. The number of amides is 1. The number of benzene rings is 1. The molecule has 0 aliphatic carbocycles. The number of fused-ring (bicyclic) bond motifs is 1. The normalized spacial score (nSPS) is 10.6. The van der Waals surface area contributed by atoms with Crippen LogP contribution in [-0.2, 0) is 16.1 Å². The van der Waals surface area contributed by atoms with Crippen molar-refractivity contribution in [1.82, 2.24) is 4.98 Å². The summed E-state index contributed by atoms with van der Waals surface area (Å²) in [5.41, 5.74) is 0.912. The van der Waals surface area contributed by atoms with Crippen LogP contribution in [0.5, 0.6) is 0 Å². The molecule has 0 unspecified atom stereocenters. The summed E-state index contributed by atoms with van der Waals surface area (Å²) in [6.45, 7) is 1.81. The van der Waals surface area contributed by atoms with E-state index < -0.39 is 17.7 Å². The van der Waals surface area contributed by atoms with Gasteiger partial charge in [-0.05, 0) is 37.4 Å². The summed E-state index contributed by atoms with van der Waals surface area (Å²) >= 11 is 1.34. The third kappa shape index (κ3) is 4.94. The van der Waals surface area contributed by atoms with Gasteiger partial charge in [0.1, 0.15) is 17.2 Å². The lowest BCUT2D eigenvalue weighted by molar-refractivity contribution is 0.0468. The maximum Gasteiger partial charge on any atom is 0.411 e. The highest BCUT2D eigenvalue weighted by molar-refractivity contribution is 7.98. The van der Waals surface area contributed by atoms with Crippen LogP contribution >= 0.6 is 11.8 Å². The summed E-state index contributed by atoms with van der Waals surface area (Å²) in [5, 5.41) is 3.69. The summed E-state index contributed by atoms with van der Waals surface area (Å²) < 4.78 is 15.4. The highest BCUT2D eigenvalue weighted by atomic mass is 32.2. The fourth-order valence-electron chi connectivity index (χ4n) is 2.64. The Morgan fingerprint density at radius 2 is 2.03 bits per heavy atom. The number of thioether (sulfide) groups is 1. The number of carbonyl (C=O) groups is 2. The van der Waals surface area contributed by atoms with Crippen LogP contribution in [0.15, 0.2) is 56.8 Å². The van der Waals surface area contributed by atoms with E-state index in [1.165, 1.54) is 23.9 Å². The molecule has 8 nitrogen and oxygen atoms in total. The molecule has 2 heterocycles. The molecule has 3 rings (SSSR count). The van der Waals surface area contributed by atoms with Crippen molar-refractivity contribution in [3.8, 4) is 0 Å². The SMILES string of the molecule is CCOC(=O)Nc1ccc2c(COC(=O)c3cccnc3SC)cc(=O)oc2c1. The van der Waals surface area contributed by atoms with Crippen LogP contribution in [0.4, 0.5) is 10.5 Å². The van der Waals surface area contributed by atoms with Gasteiger partial charge in [0.15, 0.2) is 0 Å². The van der Waals surface area contributed by atoms with Crippen LogP contribution in [0, 0.1) is 0 Å². The number of carbonyl (C=O) groups excluding carboxylic acids is 2. The zero-order valence-corrected chi connectivity index (χ0v) is 16.6. The lowest BCUT2D eigenvalue weighted by atomic mass is 10.1. The van der Waals surface area contributed by atoms with E-state index >= 15 is 0 Å². The Bertz CT molecular complexity index is 1110. The Hall–Kier alpha value is -3.33. The number of ether oxygens (including phenoxy) is 2. The molecule has 0 fully saturated rings. The van der Waals surface area contributed by atoms with Crippen molar-refractivity contribution in [2.45, 2.75) is 18.6 Å². The molecule has 1 N–H and O–H groups in total. The van der Waals surface area contributed by atoms with E-state index in [4.69, 9.17) is 13.9 Å². The molecule has 0 saturated heterocycles. The summed E-state index contributed by atoms with van der Waals surface area (Å²) in [7, 11) is 0. The minimum atomic E-state index is -0.611. The standard InChI is InChI=1S/C20H18N2O6S/c1-3-26-20(25)22-13-6-7-14-12(9-17(23)28-16(14)10-13)11-27-19(24)15-5-4-8-21-18(15)29-2/h4-10H,3,11H2,1-2H3,(H,22,25). The highest BCUT2D eigenvalue weighted by Crippen LogP contribution is 2.23. The first-order chi connectivity index (χ1) is 14.0. The summed E-state index contributed by atoms with van der Waals surface area (Å²) in [6, 6.07) is 9.36. The maximum atomic E-state index is 12.4. The van der Waals surface area contributed by atoms with Crippen molar-refractivity contribution in [3.63, 3.8) is 0 Å². The van der Waals surface area contributed by atoms with Gasteiger partial charge in [-0.3, -0.25) is 5.32 Å². The number of esters is 1. The monoisotopic (exact) mass is 414 g/mol. The van der Waals surface area contributed by atoms with E-state index in [0.717, 1.165) is 0 Å². The van der Waals surface area contributed by atoms with Crippen LogP contribution in [0.2, 0.25) is 0 Å². The van der Waals surface area contributed by atoms with Gasteiger partial charge in [-0.1, -0.05) is 0 Å². The molecule has 0 aliphatic rings. The van der Waals surface area contributed by atoms with Crippen LogP contribution in [-0.4, -0.2) is 29.9 Å². The molecular weight excluding hydrogens is 396 g/mol. The first kappa shape index (κ1) is 20.4. The van der Waals surface area contributed by atoms with E-state index in [2.05, 4.69) is 10.3 Å². The second kappa shape index (κ2) is 9.24. The molecule has 2 aromatic heterocycles. The second-order valence-corrected chi connectivity index (χ2v) is 6.58. The van der Waals surface area contributed by atoms with Crippen molar-refractivity contribution in [2.75, 3.05) is 18.2 Å². The maximum absolute atomic E-state index is 12.4. The second-order valence-electron chi connectivity index (χ2n) is 5.78. The van der Waals surface area contributed by atoms with Crippen molar-refractivity contribution < 1.29 is 23.5 Å². The van der Waals surface area contributed by atoms with Crippen molar-refractivity contribution >= 4 is 40.5 Å². The molecule has 150 valence electrons. The quantitative estimate of drug-likeness (QED) is 0.368. The predicted octanol–water partition coefficient (Wildman–Crippen LogP) is 3.84. The van der Waals surface area contributed by atoms with Gasteiger partial charge < -0.3 is 13.9 Å². The topological polar surface area (TPSA) is 108 Å². The van der Waals surface area contributed by atoms with Gasteiger partial charge in [-0.25, -0.2) is 19.4 Å². The van der Waals surface area contributed by atoms with E-state index in [0.29, 0.717) is 27.2 Å². The van der Waals surface area contributed by atoms with Gasteiger partial charge in [0.25, 0.3) is 0 Å². The Balaban J connectivity index is 1.83. The zero-order valence-electron chi connectivity index (χ0n) is 15.8. The fourth-order valence-corrected chi connectivity index (χ4v) is 3.18. The molecule has 0 bridgehead atoms. The number of hydrogen-bond acceptors (Lipinski definition) is 8. The molecular formula is C20H18N2O6S. The lowest BCUT2D eigenvalue weighted by Crippen LogP contribution is -2.13. The van der Waals surface area contributed by atoms with Crippen LogP contribution in [0.1, 0.15) is 22.8 Å². The molecule has 3 aromatic rings. The molecule has 1 amide bonds. The minimum absolute atomic E-state index is 0.117. The number of anilines is 1. The molecule has 9 heteroatoms. The number of hydrogen-bond donors (Lipinski definition) is 1. The van der Waals surface area contributed by atoms with Crippen molar-refractivity contribution in [1.29, 1.82) is 0 Å². The fraction of sp³-hybridized carbons (Fsp3) is 0.200. The average molecular weight is 414 g/mol. The van der Waals surface area contributed by atoms with Crippen LogP contribution in [0.25, 0.3) is 11.0 Å².